The van der Waals surface area contributed by atoms with Crippen LogP contribution in [0.15, 0.2) is 0 Å². The molecule has 0 aromatic rings. The van der Waals surface area contributed by atoms with Crippen molar-refractivity contribution in [3.8, 4) is 0 Å². The van der Waals surface area contributed by atoms with Crippen LogP contribution in [0.1, 0.15) is 52.9 Å². The molecule has 0 bridgehead atoms. The Hall–Kier alpha value is -0.570. The fraction of sp³-hybridized carbons (Fsp3) is 0.929. The predicted octanol–water partition coefficient (Wildman–Crippen LogP) is 2.12. The van der Waals surface area contributed by atoms with Gasteiger partial charge in [0, 0.05) is 6.54 Å². The summed E-state index contributed by atoms with van der Waals surface area (Å²) in [5.74, 6) is 1.25. The Morgan fingerprint density at radius 2 is 2.06 bits per heavy atom. The zero-order valence-electron chi connectivity index (χ0n) is 11.3. The zero-order chi connectivity index (χ0) is 12.3. The van der Waals surface area contributed by atoms with Gasteiger partial charge in [-0.1, -0.05) is 6.92 Å². The van der Waals surface area contributed by atoms with E-state index in [9.17, 15) is 4.79 Å². The quantitative estimate of drug-likeness (QED) is 0.811. The third kappa shape index (κ3) is 1.70. The van der Waals surface area contributed by atoms with Crippen LogP contribution in [0.25, 0.3) is 0 Å². The van der Waals surface area contributed by atoms with Crippen molar-refractivity contribution in [2.45, 2.75) is 64.6 Å². The topological polar surface area (TPSA) is 32.3 Å². The van der Waals surface area contributed by atoms with Gasteiger partial charge in [-0.25, -0.2) is 0 Å². The van der Waals surface area contributed by atoms with Gasteiger partial charge in [0.05, 0.1) is 11.7 Å². The average molecular weight is 236 g/mol. The molecule has 2 aliphatic carbocycles. The number of nitrogens with one attached hydrogen (secondary N) is 1. The minimum atomic E-state index is -0.320. The van der Waals surface area contributed by atoms with Crippen LogP contribution >= 0.6 is 0 Å². The molecule has 2 unspecified atom stereocenters. The molecule has 0 spiro atoms. The Kier molecular flexibility index (Phi) is 2.35. The van der Waals surface area contributed by atoms with Gasteiger partial charge in [0.1, 0.15) is 0 Å². The largest absolute Gasteiger partial charge is 0.325 e. The Morgan fingerprint density at radius 3 is 2.47 bits per heavy atom. The summed E-state index contributed by atoms with van der Waals surface area (Å²) in [5, 5.41) is 3.47. The van der Waals surface area contributed by atoms with Crippen molar-refractivity contribution in [1.29, 1.82) is 0 Å². The standard InChI is InChI=1S/C14H24N2O/c1-4-13(3)12(17)16(10(2)15-13)9-14(7-8-14)11-5-6-11/h10-11,15H,4-9H2,1-3H3. The maximum Gasteiger partial charge on any atom is 0.243 e. The molecule has 17 heavy (non-hydrogen) atoms. The maximum atomic E-state index is 12.5. The van der Waals surface area contributed by atoms with Gasteiger partial charge in [-0.15, -0.1) is 0 Å². The summed E-state index contributed by atoms with van der Waals surface area (Å²) in [6, 6.07) is 0. The van der Waals surface area contributed by atoms with Gasteiger partial charge in [0.15, 0.2) is 0 Å². The van der Waals surface area contributed by atoms with E-state index in [4.69, 9.17) is 0 Å². The fourth-order valence-corrected chi connectivity index (χ4v) is 3.45. The SMILES string of the molecule is CCC1(C)NC(C)N(CC2(C3CC3)CC2)C1=O. The summed E-state index contributed by atoms with van der Waals surface area (Å²) in [6.45, 7) is 7.26. The summed E-state index contributed by atoms with van der Waals surface area (Å²) in [6.07, 6.45) is 6.57. The first kappa shape index (κ1) is 11.5. The van der Waals surface area contributed by atoms with Crippen molar-refractivity contribution in [3.05, 3.63) is 0 Å². The van der Waals surface area contributed by atoms with Crippen molar-refractivity contribution >= 4 is 5.91 Å². The Labute approximate surface area is 104 Å². The van der Waals surface area contributed by atoms with E-state index in [1.165, 1.54) is 25.7 Å². The van der Waals surface area contributed by atoms with Crippen LogP contribution in [0.3, 0.4) is 0 Å². The smallest absolute Gasteiger partial charge is 0.243 e. The molecular weight excluding hydrogens is 212 g/mol. The molecule has 3 nitrogen and oxygen atoms in total. The van der Waals surface area contributed by atoms with Crippen LogP contribution in [0, 0.1) is 11.3 Å². The molecule has 1 heterocycles. The van der Waals surface area contributed by atoms with E-state index in [0.717, 1.165) is 18.9 Å². The van der Waals surface area contributed by atoms with E-state index in [-0.39, 0.29) is 11.7 Å². The first-order valence-corrected chi connectivity index (χ1v) is 7.09. The molecule has 1 N–H and O–H groups in total. The third-order valence-corrected chi connectivity index (χ3v) is 5.26. The molecule has 3 aliphatic rings. The zero-order valence-corrected chi connectivity index (χ0v) is 11.3. The Balaban J connectivity index is 1.73. The van der Waals surface area contributed by atoms with Crippen LogP contribution in [0.2, 0.25) is 0 Å². The lowest BCUT2D eigenvalue weighted by atomic mass is 9.97. The summed E-state index contributed by atoms with van der Waals surface area (Å²) in [7, 11) is 0. The van der Waals surface area contributed by atoms with Gasteiger partial charge in [0.2, 0.25) is 5.91 Å². The van der Waals surface area contributed by atoms with Gasteiger partial charge in [-0.05, 0) is 57.3 Å². The molecule has 1 aliphatic heterocycles. The molecule has 96 valence electrons. The highest BCUT2D eigenvalue weighted by Gasteiger charge is 2.57. The van der Waals surface area contributed by atoms with Crippen molar-refractivity contribution in [2.24, 2.45) is 11.3 Å². The number of amides is 1. The van der Waals surface area contributed by atoms with Crippen LogP contribution in [0.5, 0.6) is 0 Å². The average Bonchev–Trinajstić information content (AvgIpc) is 3.14. The third-order valence-electron chi connectivity index (χ3n) is 5.26. The minimum absolute atomic E-state index is 0.212. The van der Waals surface area contributed by atoms with Crippen molar-refractivity contribution in [2.75, 3.05) is 6.54 Å². The molecule has 2 atom stereocenters. The van der Waals surface area contributed by atoms with Crippen LogP contribution in [-0.4, -0.2) is 29.1 Å². The summed E-state index contributed by atoms with van der Waals surface area (Å²) in [4.78, 5) is 14.6. The molecule has 1 amide bonds. The van der Waals surface area contributed by atoms with Gasteiger partial charge < -0.3 is 4.90 Å². The number of carbonyl (C=O) groups is 1. The van der Waals surface area contributed by atoms with E-state index in [2.05, 4.69) is 24.1 Å². The monoisotopic (exact) mass is 236 g/mol. The second kappa shape index (κ2) is 3.47. The van der Waals surface area contributed by atoms with Gasteiger partial charge in [0.25, 0.3) is 0 Å². The maximum absolute atomic E-state index is 12.5. The van der Waals surface area contributed by atoms with Gasteiger partial charge in [-0.3, -0.25) is 10.1 Å². The number of hydrogen-bond donors (Lipinski definition) is 1. The molecule has 3 rings (SSSR count). The minimum Gasteiger partial charge on any atom is -0.325 e. The molecular formula is C14H24N2O. The van der Waals surface area contributed by atoms with Crippen molar-refractivity contribution in [3.63, 3.8) is 0 Å². The van der Waals surface area contributed by atoms with Crippen LogP contribution in [-0.2, 0) is 4.79 Å². The number of rotatable bonds is 4. The number of carbonyl (C=O) groups excluding carboxylic acids is 1. The molecule has 3 heteroatoms. The Morgan fingerprint density at radius 1 is 1.41 bits per heavy atom. The van der Waals surface area contributed by atoms with Gasteiger partial charge in [-0.2, -0.15) is 0 Å². The lowest BCUT2D eigenvalue weighted by Crippen LogP contribution is -2.43. The fourth-order valence-electron chi connectivity index (χ4n) is 3.45. The second-order valence-corrected chi connectivity index (χ2v) is 6.58. The highest BCUT2D eigenvalue weighted by atomic mass is 16.2. The highest BCUT2D eigenvalue weighted by molar-refractivity contribution is 5.88. The number of hydrogen-bond acceptors (Lipinski definition) is 2. The van der Waals surface area contributed by atoms with E-state index < -0.39 is 0 Å². The summed E-state index contributed by atoms with van der Waals surface area (Å²) >= 11 is 0. The molecule has 2 saturated carbocycles. The second-order valence-electron chi connectivity index (χ2n) is 6.58. The van der Waals surface area contributed by atoms with E-state index >= 15 is 0 Å². The van der Waals surface area contributed by atoms with E-state index in [0.29, 0.717) is 11.3 Å². The van der Waals surface area contributed by atoms with E-state index in [1.54, 1.807) is 0 Å². The molecule has 0 aromatic heterocycles. The summed E-state index contributed by atoms with van der Waals surface area (Å²) in [5.41, 5.74) is 0.198. The van der Waals surface area contributed by atoms with Crippen molar-refractivity contribution < 1.29 is 4.79 Å². The molecule has 1 saturated heterocycles. The normalized spacial score (nSPS) is 39.8. The lowest BCUT2D eigenvalue weighted by Gasteiger charge is -2.27. The lowest BCUT2D eigenvalue weighted by molar-refractivity contribution is -0.133. The highest BCUT2D eigenvalue weighted by Crippen LogP contribution is 2.61. The molecule has 0 radical (unpaired) electrons. The summed E-state index contributed by atoms with van der Waals surface area (Å²) < 4.78 is 0. The first-order chi connectivity index (χ1) is 8.01. The first-order valence-electron chi connectivity index (χ1n) is 7.09. The van der Waals surface area contributed by atoms with Crippen LogP contribution in [0.4, 0.5) is 0 Å². The Bertz CT molecular complexity index is 346. The van der Waals surface area contributed by atoms with Crippen LogP contribution < -0.4 is 5.32 Å². The molecule has 3 fully saturated rings. The van der Waals surface area contributed by atoms with Gasteiger partial charge >= 0.3 is 0 Å². The van der Waals surface area contributed by atoms with E-state index in [1.807, 2.05) is 6.92 Å². The molecule has 0 aromatic carbocycles. The van der Waals surface area contributed by atoms with Crippen molar-refractivity contribution in [1.82, 2.24) is 10.2 Å². The number of nitrogens with zero attached hydrogens (tertiary/aromatic N) is 1. The predicted molar refractivity (Wildman–Crippen MR) is 67.4 cm³/mol.